The summed E-state index contributed by atoms with van der Waals surface area (Å²) in [4.78, 5) is 24.8. The smallest absolute Gasteiger partial charge is 0.411 e. The second-order valence-electron chi connectivity index (χ2n) is 8.09. The fourth-order valence-electron chi connectivity index (χ4n) is 3.01. The van der Waals surface area contributed by atoms with Crippen LogP contribution < -0.4 is 10.6 Å². The van der Waals surface area contributed by atoms with E-state index in [9.17, 15) is 9.18 Å². The highest BCUT2D eigenvalue weighted by atomic mass is 19.1. The minimum atomic E-state index is -0.582. The van der Waals surface area contributed by atoms with Gasteiger partial charge in [-0.15, -0.1) is 0 Å². The first kappa shape index (κ1) is 20.6. The van der Waals surface area contributed by atoms with Gasteiger partial charge in [0.2, 0.25) is 5.78 Å². The molecule has 31 heavy (non-hydrogen) atoms. The lowest BCUT2D eigenvalue weighted by Crippen LogP contribution is -2.18. The maximum absolute atomic E-state index is 14.6. The average Bonchev–Trinajstić information content (AvgIpc) is 3.24. The van der Waals surface area contributed by atoms with Crippen molar-refractivity contribution in [2.45, 2.75) is 39.3 Å². The van der Waals surface area contributed by atoms with Crippen molar-refractivity contribution in [1.82, 2.24) is 14.4 Å². The Morgan fingerprint density at radius 3 is 2.81 bits per heavy atom. The molecule has 10 heteroatoms. The topological polar surface area (TPSA) is 102 Å². The zero-order chi connectivity index (χ0) is 22.2. The van der Waals surface area contributed by atoms with E-state index in [0.29, 0.717) is 41.0 Å². The van der Waals surface area contributed by atoms with Crippen LogP contribution in [0.1, 0.15) is 27.7 Å². The highest BCUT2D eigenvalue weighted by Crippen LogP contribution is 2.27. The Balaban J connectivity index is 1.59. The predicted octanol–water partition coefficient (Wildman–Crippen LogP) is 4.07. The molecule has 0 atom stereocenters. The molecule has 162 valence electrons. The summed E-state index contributed by atoms with van der Waals surface area (Å²) in [5, 5.41) is 5.66. The number of hydrogen-bond acceptors (Lipinski definition) is 7. The molecule has 1 aromatic carbocycles. The van der Waals surface area contributed by atoms with Crippen molar-refractivity contribution in [2.24, 2.45) is 4.99 Å². The molecule has 2 N–H and O–H groups in total. The number of ether oxygens (including phenoxy) is 2. The summed E-state index contributed by atoms with van der Waals surface area (Å²) in [5.41, 5.74) is 1.44. The zero-order valence-corrected chi connectivity index (χ0v) is 17.6. The van der Waals surface area contributed by atoms with Gasteiger partial charge >= 0.3 is 6.09 Å². The molecule has 3 heterocycles. The van der Waals surface area contributed by atoms with Gasteiger partial charge in [-0.1, -0.05) is 0 Å². The molecule has 0 aliphatic carbocycles. The monoisotopic (exact) mass is 426 g/mol. The number of nitrogens with zero attached hydrogens (tertiary/aromatic N) is 4. The van der Waals surface area contributed by atoms with Crippen molar-refractivity contribution in [3.05, 3.63) is 42.6 Å². The van der Waals surface area contributed by atoms with E-state index < -0.39 is 11.9 Å². The molecule has 2 aromatic heterocycles. The van der Waals surface area contributed by atoms with Crippen LogP contribution in [0.25, 0.3) is 17.0 Å². The number of benzene rings is 1. The number of hydrogen-bond donors (Lipinski definition) is 2. The van der Waals surface area contributed by atoms with Crippen molar-refractivity contribution < 1.29 is 18.7 Å². The van der Waals surface area contributed by atoms with Crippen molar-refractivity contribution in [1.29, 1.82) is 0 Å². The Kier molecular flexibility index (Phi) is 5.22. The Hall–Kier alpha value is -3.69. The quantitative estimate of drug-likeness (QED) is 0.652. The maximum atomic E-state index is 14.6. The first-order valence-corrected chi connectivity index (χ1v) is 9.80. The van der Waals surface area contributed by atoms with Crippen molar-refractivity contribution in [3.8, 4) is 11.3 Å². The van der Waals surface area contributed by atoms with Crippen LogP contribution in [-0.4, -0.2) is 44.7 Å². The number of halogens is 1. The summed E-state index contributed by atoms with van der Waals surface area (Å²) in [6.45, 7) is 7.92. The third-order valence-electron chi connectivity index (χ3n) is 4.36. The molecule has 0 bridgehead atoms. The molecule has 0 fully saturated rings. The molecule has 3 aromatic rings. The van der Waals surface area contributed by atoms with Crippen LogP contribution in [0.3, 0.4) is 0 Å². The van der Waals surface area contributed by atoms with E-state index >= 15 is 0 Å². The first-order valence-electron chi connectivity index (χ1n) is 9.80. The van der Waals surface area contributed by atoms with Gasteiger partial charge in [-0.3, -0.25) is 9.72 Å². The van der Waals surface area contributed by atoms with Gasteiger partial charge in [-0.2, -0.15) is 0 Å². The predicted molar refractivity (Wildman–Crippen MR) is 115 cm³/mol. The molecule has 0 saturated heterocycles. The van der Waals surface area contributed by atoms with E-state index in [4.69, 9.17) is 9.47 Å². The standard InChI is InChI=1S/C21H23FN6O3/c1-12(2)31-20(29)25-14-8-23-18-26-17(10-28(18)9-14)15-7-13(5-6-16(15)22)24-19-27-21(3,4)11-30-19/h5-10,12H,11H2,1-4H3,(H,24,27)(H,25,29). The number of nitrogens with one attached hydrogen (secondary N) is 2. The molecule has 1 aliphatic heterocycles. The molecular formula is C21H23FN6O3. The molecule has 0 radical (unpaired) electrons. The average molecular weight is 426 g/mol. The second kappa shape index (κ2) is 7.86. The summed E-state index contributed by atoms with van der Waals surface area (Å²) >= 11 is 0. The summed E-state index contributed by atoms with van der Waals surface area (Å²) < 4.78 is 26.8. The number of aromatic nitrogens is 3. The minimum Gasteiger partial charge on any atom is -0.462 e. The number of aliphatic imine (C=N–C) groups is 1. The Labute approximate surface area is 178 Å². The van der Waals surface area contributed by atoms with Crippen LogP contribution in [0.15, 0.2) is 41.8 Å². The van der Waals surface area contributed by atoms with Crippen LogP contribution in [-0.2, 0) is 9.47 Å². The Morgan fingerprint density at radius 1 is 1.29 bits per heavy atom. The number of anilines is 2. The minimum absolute atomic E-state index is 0.243. The highest BCUT2D eigenvalue weighted by Gasteiger charge is 2.26. The fraction of sp³-hybridized carbons (Fsp3) is 0.333. The second-order valence-corrected chi connectivity index (χ2v) is 8.09. The van der Waals surface area contributed by atoms with Crippen LogP contribution in [0.5, 0.6) is 0 Å². The lowest BCUT2D eigenvalue weighted by atomic mass is 10.1. The van der Waals surface area contributed by atoms with Gasteiger partial charge in [-0.05, 0) is 45.9 Å². The Morgan fingerprint density at radius 2 is 2.10 bits per heavy atom. The maximum Gasteiger partial charge on any atom is 0.411 e. The largest absolute Gasteiger partial charge is 0.462 e. The number of carbonyl (C=O) groups excluding carboxylic acids is 1. The van der Waals surface area contributed by atoms with Crippen LogP contribution in [0.2, 0.25) is 0 Å². The fourth-order valence-corrected chi connectivity index (χ4v) is 3.01. The first-order chi connectivity index (χ1) is 14.7. The van der Waals surface area contributed by atoms with E-state index in [1.807, 2.05) is 13.8 Å². The van der Waals surface area contributed by atoms with Crippen molar-refractivity contribution in [2.75, 3.05) is 17.2 Å². The van der Waals surface area contributed by atoms with E-state index in [1.54, 1.807) is 42.8 Å². The van der Waals surface area contributed by atoms with Crippen molar-refractivity contribution >= 4 is 29.3 Å². The molecular weight excluding hydrogens is 403 g/mol. The zero-order valence-electron chi connectivity index (χ0n) is 17.6. The lowest BCUT2D eigenvalue weighted by Gasteiger charge is -2.09. The third kappa shape index (κ3) is 4.73. The van der Waals surface area contributed by atoms with Crippen LogP contribution in [0, 0.1) is 5.82 Å². The van der Waals surface area contributed by atoms with Gasteiger partial charge in [0.15, 0.2) is 0 Å². The number of rotatable bonds is 4. The molecule has 1 amide bonds. The molecule has 0 saturated carbocycles. The molecule has 1 aliphatic rings. The summed E-state index contributed by atoms with van der Waals surface area (Å²) in [7, 11) is 0. The molecule has 4 rings (SSSR count). The summed E-state index contributed by atoms with van der Waals surface area (Å²) in [6, 6.07) is 4.98. The van der Waals surface area contributed by atoms with Gasteiger partial charge < -0.3 is 14.8 Å². The highest BCUT2D eigenvalue weighted by molar-refractivity contribution is 5.91. The number of amides is 1. The SMILES string of the molecule is CC(C)OC(=O)Nc1cnc2nc(-c3cc(NC4=NC(C)(C)CO4)ccc3F)cn2c1. The number of fused-ring (bicyclic) bond motifs is 1. The van der Waals surface area contributed by atoms with Gasteiger partial charge in [0.25, 0.3) is 6.02 Å². The van der Waals surface area contributed by atoms with Gasteiger partial charge in [0.1, 0.15) is 12.4 Å². The van der Waals surface area contributed by atoms with E-state index in [-0.39, 0.29) is 11.6 Å². The summed E-state index contributed by atoms with van der Waals surface area (Å²) in [5.74, 6) is -0.0665. The van der Waals surface area contributed by atoms with Gasteiger partial charge in [0.05, 0.1) is 29.2 Å². The molecule has 9 nitrogen and oxygen atoms in total. The van der Waals surface area contributed by atoms with E-state index in [0.717, 1.165) is 0 Å². The van der Waals surface area contributed by atoms with Gasteiger partial charge in [-0.25, -0.2) is 24.1 Å². The van der Waals surface area contributed by atoms with Crippen molar-refractivity contribution in [3.63, 3.8) is 0 Å². The Bertz CT molecular complexity index is 1170. The molecule has 0 unspecified atom stereocenters. The van der Waals surface area contributed by atoms with Gasteiger partial charge in [0, 0.05) is 23.6 Å². The third-order valence-corrected chi connectivity index (χ3v) is 4.36. The lowest BCUT2D eigenvalue weighted by molar-refractivity contribution is 0.130. The molecule has 0 spiro atoms. The number of carbonyl (C=O) groups is 1. The van der Waals surface area contributed by atoms with E-state index in [1.165, 1.54) is 12.3 Å². The summed E-state index contributed by atoms with van der Waals surface area (Å²) in [6.07, 6.45) is 3.90. The van der Waals surface area contributed by atoms with Crippen LogP contribution in [0.4, 0.5) is 20.6 Å². The normalized spacial score (nSPS) is 15.0. The van der Waals surface area contributed by atoms with E-state index in [2.05, 4.69) is 25.6 Å². The van der Waals surface area contributed by atoms with Crippen LogP contribution >= 0.6 is 0 Å². The number of amidine groups is 1. The number of imidazole rings is 1.